The van der Waals surface area contributed by atoms with Crippen LogP contribution in [0.1, 0.15) is 23.2 Å². The van der Waals surface area contributed by atoms with Gasteiger partial charge in [0.05, 0.1) is 12.5 Å². The summed E-state index contributed by atoms with van der Waals surface area (Å²) < 4.78 is 24.3. The first kappa shape index (κ1) is 9.59. The van der Waals surface area contributed by atoms with Crippen LogP contribution in [0.5, 0.6) is 0 Å². The molecule has 0 aliphatic carbocycles. The van der Waals surface area contributed by atoms with Crippen molar-refractivity contribution in [2.24, 2.45) is 0 Å². The third-order valence-electron chi connectivity index (χ3n) is 1.73. The number of pyridine rings is 1. The number of halogens is 2. The minimum atomic E-state index is -2.57. The van der Waals surface area contributed by atoms with Crippen molar-refractivity contribution >= 4 is 0 Å². The summed E-state index contributed by atoms with van der Waals surface area (Å²) >= 11 is 0. The summed E-state index contributed by atoms with van der Waals surface area (Å²) in [6.07, 6.45) is -1.06. The Morgan fingerprint density at radius 1 is 1.62 bits per heavy atom. The van der Waals surface area contributed by atoms with Gasteiger partial charge < -0.3 is 0 Å². The molecule has 0 bridgehead atoms. The molecular weight excluding hydrogens is 174 g/mol. The molecule has 1 heterocycles. The van der Waals surface area contributed by atoms with E-state index in [1.807, 2.05) is 6.07 Å². The summed E-state index contributed by atoms with van der Waals surface area (Å²) in [5.41, 5.74) is 1.12. The van der Waals surface area contributed by atoms with Gasteiger partial charge in [0.2, 0.25) is 0 Å². The van der Waals surface area contributed by atoms with Crippen LogP contribution in [0.4, 0.5) is 8.78 Å². The van der Waals surface area contributed by atoms with Crippen LogP contribution >= 0.6 is 0 Å². The van der Waals surface area contributed by atoms with E-state index in [1.165, 1.54) is 12.3 Å². The van der Waals surface area contributed by atoms with Crippen LogP contribution in [0, 0.1) is 18.3 Å². The van der Waals surface area contributed by atoms with Crippen LogP contribution < -0.4 is 0 Å². The van der Waals surface area contributed by atoms with Gasteiger partial charge in [-0.2, -0.15) is 5.26 Å². The molecule has 1 rings (SSSR count). The fourth-order valence-electron chi connectivity index (χ4n) is 0.979. The van der Waals surface area contributed by atoms with Crippen molar-refractivity contribution in [3.63, 3.8) is 0 Å². The van der Waals surface area contributed by atoms with E-state index in [1.54, 1.807) is 6.92 Å². The molecule has 0 aliphatic rings. The predicted octanol–water partition coefficient (Wildman–Crippen LogP) is 2.39. The highest BCUT2D eigenvalue weighted by atomic mass is 19.3. The Kier molecular flexibility index (Phi) is 2.91. The molecule has 4 heteroatoms. The van der Waals surface area contributed by atoms with Gasteiger partial charge in [-0.3, -0.25) is 4.98 Å². The van der Waals surface area contributed by atoms with E-state index < -0.39 is 6.43 Å². The van der Waals surface area contributed by atoms with E-state index >= 15 is 0 Å². The first-order valence-corrected chi connectivity index (χ1v) is 3.75. The van der Waals surface area contributed by atoms with Crippen LogP contribution in [-0.4, -0.2) is 4.98 Å². The Balaban J connectivity index is 3.05. The van der Waals surface area contributed by atoms with Crippen molar-refractivity contribution in [3.8, 4) is 6.07 Å². The van der Waals surface area contributed by atoms with Gasteiger partial charge in [0, 0.05) is 6.20 Å². The maximum Gasteiger partial charge on any atom is 0.280 e. The lowest BCUT2D eigenvalue weighted by Crippen LogP contribution is -1.95. The second-order valence-electron chi connectivity index (χ2n) is 2.67. The van der Waals surface area contributed by atoms with Crippen molar-refractivity contribution < 1.29 is 8.78 Å². The van der Waals surface area contributed by atoms with Crippen LogP contribution in [0.2, 0.25) is 0 Å². The normalized spacial score (nSPS) is 10.1. The van der Waals surface area contributed by atoms with Gasteiger partial charge >= 0.3 is 0 Å². The Morgan fingerprint density at radius 3 is 2.85 bits per heavy atom. The standard InChI is InChI=1S/C9H8F2N2/c1-6-5-13-8(9(10)11)4-7(6)2-3-12/h4-5,9H,2H2,1H3. The zero-order valence-corrected chi connectivity index (χ0v) is 7.09. The summed E-state index contributed by atoms with van der Waals surface area (Å²) in [4.78, 5) is 3.56. The molecule has 0 amide bonds. The Hall–Kier alpha value is -1.50. The van der Waals surface area contributed by atoms with Gasteiger partial charge in [0.15, 0.2) is 0 Å². The summed E-state index contributed by atoms with van der Waals surface area (Å²) in [5.74, 6) is 0. The van der Waals surface area contributed by atoms with E-state index in [-0.39, 0.29) is 12.1 Å². The molecule has 0 aromatic carbocycles. The number of rotatable bonds is 2. The number of alkyl halides is 2. The summed E-state index contributed by atoms with van der Waals surface area (Å²) in [6.45, 7) is 1.74. The molecule has 68 valence electrons. The second kappa shape index (κ2) is 3.94. The van der Waals surface area contributed by atoms with E-state index in [0.29, 0.717) is 5.56 Å². The largest absolute Gasteiger partial charge is 0.280 e. The van der Waals surface area contributed by atoms with Crippen molar-refractivity contribution in [2.45, 2.75) is 19.8 Å². The zero-order chi connectivity index (χ0) is 9.84. The van der Waals surface area contributed by atoms with Gasteiger partial charge in [-0.15, -0.1) is 0 Å². The second-order valence-corrected chi connectivity index (χ2v) is 2.67. The SMILES string of the molecule is Cc1cnc(C(F)F)cc1CC#N. The molecular formula is C9H8F2N2. The quantitative estimate of drug-likeness (QED) is 0.704. The van der Waals surface area contributed by atoms with Gasteiger partial charge in [0.25, 0.3) is 6.43 Å². The molecule has 0 unspecified atom stereocenters. The number of hydrogen-bond acceptors (Lipinski definition) is 2. The number of aromatic nitrogens is 1. The average Bonchev–Trinajstić information content (AvgIpc) is 2.08. The maximum atomic E-state index is 12.2. The van der Waals surface area contributed by atoms with E-state index in [9.17, 15) is 8.78 Å². The zero-order valence-electron chi connectivity index (χ0n) is 7.09. The van der Waals surface area contributed by atoms with Crippen LogP contribution in [-0.2, 0) is 6.42 Å². The molecule has 0 atom stereocenters. The minimum Gasteiger partial charge on any atom is -0.255 e. The minimum absolute atomic E-state index is 0.147. The highest BCUT2D eigenvalue weighted by molar-refractivity contribution is 5.28. The van der Waals surface area contributed by atoms with E-state index in [4.69, 9.17) is 5.26 Å². The van der Waals surface area contributed by atoms with Crippen molar-refractivity contribution in [1.82, 2.24) is 4.98 Å². The van der Waals surface area contributed by atoms with Crippen molar-refractivity contribution in [2.75, 3.05) is 0 Å². The summed E-state index contributed by atoms with van der Waals surface area (Å²) in [5, 5.41) is 8.42. The van der Waals surface area contributed by atoms with Gasteiger partial charge in [0.1, 0.15) is 5.69 Å². The highest BCUT2D eigenvalue weighted by Gasteiger charge is 2.10. The average molecular weight is 182 g/mol. The molecule has 2 nitrogen and oxygen atoms in total. The number of nitrogens with zero attached hydrogens (tertiary/aromatic N) is 2. The Morgan fingerprint density at radius 2 is 2.31 bits per heavy atom. The van der Waals surface area contributed by atoms with E-state index in [0.717, 1.165) is 5.56 Å². The molecule has 1 aromatic heterocycles. The fraction of sp³-hybridized carbons (Fsp3) is 0.333. The molecule has 0 N–H and O–H groups in total. The van der Waals surface area contributed by atoms with Crippen molar-refractivity contribution in [1.29, 1.82) is 5.26 Å². The highest BCUT2D eigenvalue weighted by Crippen LogP contribution is 2.18. The fourth-order valence-corrected chi connectivity index (χ4v) is 0.979. The number of aryl methyl sites for hydroxylation is 1. The van der Waals surface area contributed by atoms with Gasteiger partial charge in [-0.25, -0.2) is 8.78 Å². The summed E-state index contributed by atoms with van der Waals surface area (Å²) in [7, 11) is 0. The molecule has 0 saturated heterocycles. The third kappa shape index (κ3) is 2.22. The smallest absolute Gasteiger partial charge is 0.255 e. The molecule has 0 spiro atoms. The Bertz CT molecular complexity index is 342. The monoisotopic (exact) mass is 182 g/mol. The van der Waals surface area contributed by atoms with Crippen LogP contribution in [0.3, 0.4) is 0 Å². The molecule has 0 radical (unpaired) electrons. The lowest BCUT2D eigenvalue weighted by atomic mass is 10.1. The molecule has 1 aromatic rings. The van der Waals surface area contributed by atoms with E-state index in [2.05, 4.69) is 4.98 Å². The van der Waals surface area contributed by atoms with Crippen LogP contribution in [0.25, 0.3) is 0 Å². The molecule has 13 heavy (non-hydrogen) atoms. The number of hydrogen-bond donors (Lipinski definition) is 0. The topological polar surface area (TPSA) is 36.7 Å². The molecule has 0 fully saturated rings. The van der Waals surface area contributed by atoms with Gasteiger partial charge in [-0.1, -0.05) is 0 Å². The predicted molar refractivity (Wildman–Crippen MR) is 43.2 cm³/mol. The Labute approximate surface area is 74.8 Å². The lowest BCUT2D eigenvalue weighted by molar-refractivity contribution is 0.146. The first-order chi connectivity index (χ1) is 6.15. The van der Waals surface area contributed by atoms with Gasteiger partial charge in [-0.05, 0) is 24.1 Å². The molecule has 0 aliphatic heterocycles. The summed E-state index contributed by atoms with van der Waals surface area (Å²) in [6, 6.07) is 3.20. The lowest BCUT2D eigenvalue weighted by Gasteiger charge is -2.03. The first-order valence-electron chi connectivity index (χ1n) is 3.75. The number of nitriles is 1. The third-order valence-corrected chi connectivity index (χ3v) is 1.73. The maximum absolute atomic E-state index is 12.2. The van der Waals surface area contributed by atoms with Crippen LogP contribution in [0.15, 0.2) is 12.3 Å². The van der Waals surface area contributed by atoms with Crippen molar-refractivity contribution in [3.05, 3.63) is 29.1 Å². The molecule has 0 saturated carbocycles.